The largest absolute Gasteiger partial charge is 0.327 e. The van der Waals surface area contributed by atoms with E-state index in [1.54, 1.807) is 11.8 Å². The molecule has 1 aliphatic heterocycles. The second-order valence-electron chi connectivity index (χ2n) is 5.05. The molecule has 1 saturated heterocycles. The number of hydrogen-bond acceptors (Lipinski definition) is 3. The molecule has 0 spiro atoms. The Labute approximate surface area is 90.4 Å². The van der Waals surface area contributed by atoms with E-state index in [9.17, 15) is 4.39 Å². The minimum atomic E-state index is -1.18. The van der Waals surface area contributed by atoms with Crippen LogP contribution in [0, 0.1) is 0 Å². The second-order valence-corrected chi connectivity index (χ2v) is 6.06. The van der Waals surface area contributed by atoms with E-state index >= 15 is 0 Å². The van der Waals surface area contributed by atoms with Crippen molar-refractivity contribution in [3.05, 3.63) is 0 Å². The van der Waals surface area contributed by atoms with Crippen molar-refractivity contribution >= 4 is 11.8 Å². The van der Waals surface area contributed by atoms with E-state index in [0.717, 1.165) is 0 Å². The Morgan fingerprint density at radius 2 is 2.14 bits per heavy atom. The molecular formula is C10H21FN2S. The molecule has 0 amide bonds. The van der Waals surface area contributed by atoms with Gasteiger partial charge in [-0.3, -0.25) is 4.90 Å². The fourth-order valence-corrected chi connectivity index (χ4v) is 3.03. The van der Waals surface area contributed by atoms with Gasteiger partial charge < -0.3 is 5.73 Å². The average Bonchev–Trinajstić information content (AvgIpc) is 2.43. The summed E-state index contributed by atoms with van der Waals surface area (Å²) in [6, 6.07) is 0. The van der Waals surface area contributed by atoms with Gasteiger partial charge in [0.15, 0.2) is 0 Å². The summed E-state index contributed by atoms with van der Waals surface area (Å²) in [6.45, 7) is 6.98. The summed E-state index contributed by atoms with van der Waals surface area (Å²) >= 11 is 1.72. The Bertz CT molecular complexity index is 205. The molecule has 14 heavy (non-hydrogen) atoms. The smallest absolute Gasteiger partial charge is 0.138 e. The molecule has 0 radical (unpaired) electrons. The summed E-state index contributed by atoms with van der Waals surface area (Å²) < 4.78 is 14.1. The van der Waals surface area contributed by atoms with Crippen LogP contribution in [0.5, 0.6) is 0 Å². The van der Waals surface area contributed by atoms with Crippen LogP contribution in [0.3, 0.4) is 0 Å². The van der Waals surface area contributed by atoms with Crippen molar-refractivity contribution in [3.8, 4) is 0 Å². The van der Waals surface area contributed by atoms with Gasteiger partial charge in [0, 0.05) is 25.0 Å². The summed E-state index contributed by atoms with van der Waals surface area (Å²) in [7, 11) is 0. The first-order valence-corrected chi connectivity index (χ1v) is 6.30. The highest BCUT2D eigenvalue weighted by Crippen LogP contribution is 2.38. The summed E-state index contributed by atoms with van der Waals surface area (Å²) in [6.07, 6.45) is 2.59. The van der Waals surface area contributed by atoms with Gasteiger partial charge in [-0.2, -0.15) is 0 Å². The Balaban J connectivity index is 2.78. The van der Waals surface area contributed by atoms with E-state index in [1.165, 1.54) is 0 Å². The van der Waals surface area contributed by atoms with Crippen molar-refractivity contribution in [3.63, 3.8) is 0 Å². The third kappa shape index (κ3) is 2.41. The van der Waals surface area contributed by atoms with Crippen LogP contribution >= 0.6 is 11.8 Å². The summed E-state index contributed by atoms with van der Waals surface area (Å²) in [5.41, 5.74) is 4.32. The zero-order chi connectivity index (χ0) is 11.0. The van der Waals surface area contributed by atoms with Gasteiger partial charge in [0.25, 0.3) is 0 Å². The lowest BCUT2D eigenvalue weighted by Gasteiger charge is -2.36. The van der Waals surface area contributed by atoms with Gasteiger partial charge in [-0.25, -0.2) is 4.39 Å². The summed E-state index contributed by atoms with van der Waals surface area (Å²) in [4.78, 5) is 2.21. The summed E-state index contributed by atoms with van der Waals surface area (Å²) in [5.74, 6) is 0. The van der Waals surface area contributed by atoms with Crippen LogP contribution in [0.15, 0.2) is 0 Å². The van der Waals surface area contributed by atoms with Gasteiger partial charge >= 0.3 is 0 Å². The minimum absolute atomic E-state index is 0.0245. The third-order valence-corrected chi connectivity index (χ3v) is 3.81. The molecule has 1 heterocycles. The molecule has 4 heteroatoms. The van der Waals surface area contributed by atoms with Gasteiger partial charge in [0.05, 0.1) is 5.37 Å². The maximum absolute atomic E-state index is 14.1. The minimum Gasteiger partial charge on any atom is -0.327 e. The van der Waals surface area contributed by atoms with Crippen molar-refractivity contribution in [1.82, 2.24) is 4.90 Å². The number of thioether (sulfide) groups is 1. The molecule has 84 valence electrons. The van der Waals surface area contributed by atoms with E-state index in [1.807, 2.05) is 6.26 Å². The normalized spacial score (nSPS) is 35.1. The van der Waals surface area contributed by atoms with E-state index in [2.05, 4.69) is 25.7 Å². The molecule has 0 saturated carbocycles. The van der Waals surface area contributed by atoms with E-state index in [4.69, 9.17) is 5.73 Å². The fourth-order valence-electron chi connectivity index (χ4n) is 1.92. The fraction of sp³-hybridized carbons (Fsp3) is 1.00. The monoisotopic (exact) mass is 220 g/mol. The lowest BCUT2D eigenvalue weighted by molar-refractivity contribution is 0.118. The highest BCUT2D eigenvalue weighted by Gasteiger charge is 2.46. The van der Waals surface area contributed by atoms with Crippen molar-refractivity contribution in [2.45, 2.75) is 43.8 Å². The van der Waals surface area contributed by atoms with Crippen LogP contribution in [0.2, 0.25) is 0 Å². The number of halogens is 1. The molecule has 2 nitrogen and oxygen atoms in total. The maximum atomic E-state index is 14.1. The molecule has 2 atom stereocenters. The van der Waals surface area contributed by atoms with Crippen molar-refractivity contribution < 1.29 is 4.39 Å². The van der Waals surface area contributed by atoms with Crippen LogP contribution in [-0.4, -0.2) is 40.8 Å². The predicted octanol–water partition coefficient (Wildman–Crippen LogP) is 1.85. The number of rotatable bonds is 2. The maximum Gasteiger partial charge on any atom is 0.138 e. The lowest BCUT2D eigenvalue weighted by atomic mass is 10.1. The number of nitrogens with two attached hydrogens (primary N) is 1. The molecule has 0 aromatic rings. The lowest BCUT2D eigenvalue weighted by Crippen LogP contribution is -2.45. The zero-order valence-corrected chi connectivity index (χ0v) is 10.3. The predicted molar refractivity (Wildman–Crippen MR) is 61.3 cm³/mol. The van der Waals surface area contributed by atoms with E-state index in [-0.39, 0.29) is 17.5 Å². The highest BCUT2D eigenvalue weighted by atomic mass is 32.2. The standard InChI is InChI=1S/C10H21FN2S/c1-9(2,3)13-7-10(11,6-12)5-8(13)14-4/h8H,5-7,12H2,1-4H3/t8-,10+/m1/s1. The molecule has 0 aliphatic carbocycles. The molecule has 0 unspecified atom stereocenters. The summed E-state index contributed by atoms with van der Waals surface area (Å²) in [5, 5.41) is 0.267. The molecule has 2 N–H and O–H groups in total. The first-order valence-electron chi connectivity index (χ1n) is 5.01. The molecule has 1 rings (SSSR count). The number of alkyl halides is 1. The van der Waals surface area contributed by atoms with Crippen LogP contribution in [0.1, 0.15) is 27.2 Å². The van der Waals surface area contributed by atoms with Crippen LogP contribution < -0.4 is 5.73 Å². The first-order chi connectivity index (χ1) is 6.32. The number of nitrogens with zero attached hydrogens (tertiary/aromatic N) is 1. The zero-order valence-electron chi connectivity index (χ0n) is 9.51. The molecule has 0 bridgehead atoms. The van der Waals surface area contributed by atoms with Crippen LogP contribution in [0.4, 0.5) is 4.39 Å². The van der Waals surface area contributed by atoms with E-state index in [0.29, 0.717) is 13.0 Å². The number of likely N-dealkylation sites (tertiary alicyclic amines) is 1. The Hall–Kier alpha value is 0.200. The quantitative estimate of drug-likeness (QED) is 0.770. The Morgan fingerprint density at radius 1 is 1.57 bits per heavy atom. The molecule has 1 fully saturated rings. The van der Waals surface area contributed by atoms with Crippen LogP contribution in [-0.2, 0) is 0 Å². The van der Waals surface area contributed by atoms with Crippen LogP contribution in [0.25, 0.3) is 0 Å². The molecular weight excluding hydrogens is 199 g/mol. The highest BCUT2D eigenvalue weighted by molar-refractivity contribution is 7.99. The molecule has 1 aliphatic rings. The second kappa shape index (κ2) is 3.99. The van der Waals surface area contributed by atoms with Gasteiger partial charge in [-0.05, 0) is 27.0 Å². The van der Waals surface area contributed by atoms with Crippen molar-refractivity contribution in [2.24, 2.45) is 5.73 Å². The Morgan fingerprint density at radius 3 is 2.43 bits per heavy atom. The molecule has 0 aromatic carbocycles. The third-order valence-electron chi connectivity index (χ3n) is 2.84. The van der Waals surface area contributed by atoms with Crippen molar-refractivity contribution in [2.75, 3.05) is 19.3 Å². The van der Waals surface area contributed by atoms with Gasteiger partial charge in [-0.15, -0.1) is 11.8 Å². The molecule has 0 aromatic heterocycles. The van der Waals surface area contributed by atoms with Gasteiger partial charge in [-0.1, -0.05) is 0 Å². The van der Waals surface area contributed by atoms with Gasteiger partial charge in [0.1, 0.15) is 5.67 Å². The van der Waals surface area contributed by atoms with E-state index < -0.39 is 5.67 Å². The Kier molecular flexibility index (Phi) is 3.49. The first kappa shape index (κ1) is 12.3. The average molecular weight is 220 g/mol. The van der Waals surface area contributed by atoms with Gasteiger partial charge in [0.2, 0.25) is 0 Å². The SMILES string of the molecule is CS[C@@H]1C[C@](F)(CN)CN1C(C)(C)C. The number of hydrogen-bond donors (Lipinski definition) is 1. The topological polar surface area (TPSA) is 29.3 Å². The van der Waals surface area contributed by atoms with Crippen molar-refractivity contribution in [1.29, 1.82) is 0 Å².